The van der Waals surface area contributed by atoms with Gasteiger partial charge in [-0.2, -0.15) is 0 Å². The number of carbonyl (C=O) groups is 1. The van der Waals surface area contributed by atoms with E-state index in [1.54, 1.807) is 29.9 Å². The molecule has 2 aromatic heterocycles. The Morgan fingerprint density at radius 1 is 1.26 bits per heavy atom. The van der Waals surface area contributed by atoms with Gasteiger partial charge in [0.1, 0.15) is 17.7 Å². The monoisotopic (exact) mass is 426 g/mol. The van der Waals surface area contributed by atoms with Crippen LogP contribution in [0.15, 0.2) is 36.7 Å². The normalized spacial score (nSPS) is 19.5. The van der Waals surface area contributed by atoms with E-state index in [1.165, 1.54) is 11.1 Å². The molecule has 0 bridgehead atoms. The number of hydrogen-bond donors (Lipinski definition) is 1. The number of aromatic nitrogens is 4. The number of carbonyl (C=O) groups excluding carboxylic acids is 1. The number of anilines is 1. The summed E-state index contributed by atoms with van der Waals surface area (Å²) in [6.45, 7) is 2.24. The summed E-state index contributed by atoms with van der Waals surface area (Å²) in [6, 6.07) is 5.56. The Morgan fingerprint density at radius 2 is 2.00 bits per heavy atom. The van der Waals surface area contributed by atoms with Crippen LogP contribution in [0.1, 0.15) is 24.2 Å². The molecule has 2 fully saturated rings. The summed E-state index contributed by atoms with van der Waals surface area (Å²) in [5.41, 5.74) is 7.33. The molecule has 1 unspecified atom stereocenters. The average Bonchev–Trinajstić information content (AvgIpc) is 3.17. The summed E-state index contributed by atoms with van der Waals surface area (Å²) in [5, 5.41) is 7.81. The molecule has 0 spiro atoms. The van der Waals surface area contributed by atoms with E-state index in [-0.39, 0.29) is 17.8 Å². The lowest BCUT2D eigenvalue weighted by Gasteiger charge is -2.15. The minimum absolute atomic E-state index is 0.0875. The van der Waals surface area contributed by atoms with Crippen LogP contribution in [0.5, 0.6) is 0 Å². The van der Waals surface area contributed by atoms with Gasteiger partial charge in [0.05, 0.1) is 41.3 Å². The van der Waals surface area contributed by atoms with Crippen LogP contribution in [0, 0.1) is 18.6 Å². The summed E-state index contributed by atoms with van der Waals surface area (Å²) in [4.78, 5) is 17.8. The minimum Gasteiger partial charge on any atom is -0.442 e. The van der Waals surface area contributed by atoms with E-state index in [4.69, 9.17) is 10.5 Å². The lowest BCUT2D eigenvalue weighted by Crippen LogP contribution is -2.26. The molecule has 2 N–H and O–H groups in total. The fourth-order valence-electron chi connectivity index (χ4n) is 3.74. The van der Waals surface area contributed by atoms with Crippen molar-refractivity contribution in [3.63, 3.8) is 0 Å². The number of cyclic esters (lactones) is 1. The number of hydrogen-bond acceptors (Lipinski definition) is 6. The second-order valence-electron chi connectivity index (χ2n) is 8.07. The molecule has 1 aromatic carbocycles. The Labute approximate surface area is 176 Å². The van der Waals surface area contributed by atoms with Crippen LogP contribution in [-0.4, -0.2) is 38.7 Å². The number of halogens is 2. The van der Waals surface area contributed by atoms with Crippen molar-refractivity contribution in [3.8, 4) is 11.1 Å². The molecule has 1 aliphatic heterocycles. The van der Waals surface area contributed by atoms with Crippen LogP contribution in [-0.2, 0) is 16.8 Å². The number of pyridine rings is 1. The van der Waals surface area contributed by atoms with Gasteiger partial charge in [-0.1, -0.05) is 11.3 Å². The third-order valence-electron chi connectivity index (χ3n) is 5.61. The molecule has 1 amide bonds. The Morgan fingerprint density at radius 3 is 2.58 bits per heavy atom. The van der Waals surface area contributed by atoms with E-state index in [0.29, 0.717) is 17.8 Å². The highest BCUT2D eigenvalue weighted by atomic mass is 19.1. The number of nitrogens with zero attached hydrogens (tertiary/aromatic N) is 5. The number of amides is 1. The molecular formula is C21H20F2N6O2. The second kappa shape index (κ2) is 7.09. The number of rotatable bonds is 5. The van der Waals surface area contributed by atoms with Crippen molar-refractivity contribution in [3.05, 3.63) is 59.7 Å². The van der Waals surface area contributed by atoms with E-state index in [9.17, 15) is 13.6 Å². The predicted octanol–water partition coefficient (Wildman–Crippen LogP) is 2.90. The summed E-state index contributed by atoms with van der Waals surface area (Å²) < 4.78 is 36.6. The Balaban J connectivity index is 1.37. The largest absolute Gasteiger partial charge is 0.442 e. The van der Waals surface area contributed by atoms with Crippen molar-refractivity contribution >= 4 is 11.8 Å². The van der Waals surface area contributed by atoms with Gasteiger partial charge in [-0.05, 0) is 38.0 Å². The van der Waals surface area contributed by atoms with Crippen LogP contribution < -0.4 is 10.6 Å². The van der Waals surface area contributed by atoms with E-state index >= 15 is 0 Å². The third kappa shape index (κ3) is 3.63. The maximum Gasteiger partial charge on any atom is 0.414 e. The molecule has 0 radical (unpaired) electrons. The molecule has 31 heavy (non-hydrogen) atoms. The maximum atomic E-state index is 14.9. The van der Waals surface area contributed by atoms with Crippen molar-refractivity contribution in [2.45, 2.75) is 38.0 Å². The van der Waals surface area contributed by atoms with Gasteiger partial charge in [-0.3, -0.25) is 9.88 Å². The fraction of sp³-hybridized carbons (Fsp3) is 0.333. The molecule has 2 aliphatic rings. The highest BCUT2D eigenvalue weighted by Crippen LogP contribution is 2.42. The average molecular weight is 426 g/mol. The molecule has 1 atom stereocenters. The van der Waals surface area contributed by atoms with Gasteiger partial charge in [0.15, 0.2) is 0 Å². The molecule has 1 saturated carbocycles. The van der Waals surface area contributed by atoms with Crippen LogP contribution in [0.2, 0.25) is 0 Å². The van der Waals surface area contributed by atoms with Crippen LogP contribution in [0.3, 0.4) is 0 Å². The molecule has 8 nitrogen and oxygen atoms in total. The zero-order valence-corrected chi connectivity index (χ0v) is 16.8. The van der Waals surface area contributed by atoms with Gasteiger partial charge < -0.3 is 10.5 Å². The predicted molar refractivity (Wildman–Crippen MR) is 107 cm³/mol. The van der Waals surface area contributed by atoms with E-state index < -0.39 is 29.4 Å². The quantitative estimate of drug-likeness (QED) is 0.674. The fourth-order valence-corrected chi connectivity index (χ4v) is 3.74. The SMILES string of the molecule is Cc1cn(CC2CN(c3cc(F)c(-c4ccc(C5(N)CC5)nc4)c(F)c3)C(=O)O2)nn1. The Kier molecular flexibility index (Phi) is 4.47. The van der Waals surface area contributed by atoms with Gasteiger partial charge >= 0.3 is 6.09 Å². The van der Waals surface area contributed by atoms with E-state index in [1.807, 2.05) is 0 Å². The maximum absolute atomic E-state index is 14.9. The summed E-state index contributed by atoms with van der Waals surface area (Å²) in [5.74, 6) is -1.58. The molecule has 3 heterocycles. The van der Waals surface area contributed by atoms with Crippen LogP contribution in [0.25, 0.3) is 11.1 Å². The number of ether oxygens (including phenoxy) is 1. The zero-order chi connectivity index (χ0) is 21.8. The first-order valence-corrected chi connectivity index (χ1v) is 9.92. The Bertz CT molecular complexity index is 1140. The van der Waals surface area contributed by atoms with Gasteiger partial charge in [-0.15, -0.1) is 5.10 Å². The highest BCUT2D eigenvalue weighted by molar-refractivity contribution is 5.90. The van der Waals surface area contributed by atoms with Crippen molar-refractivity contribution in [2.75, 3.05) is 11.4 Å². The summed E-state index contributed by atoms with van der Waals surface area (Å²) in [7, 11) is 0. The van der Waals surface area contributed by atoms with Crippen LogP contribution >= 0.6 is 0 Å². The first kappa shape index (κ1) is 19.6. The smallest absolute Gasteiger partial charge is 0.414 e. The highest BCUT2D eigenvalue weighted by Gasteiger charge is 2.41. The summed E-state index contributed by atoms with van der Waals surface area (Å²) in [6.07, 6.45) is 3.66. The van der Waals surface area contributed by atoms with Crippen molar-refractivity contribution < 1.29 is 18.3 Å². The van der Waals surface area contributed by atoms with E-state index in [0.717, 1.165) is 30.7 Å². The molecule has 5 rings (SSSR count). The summed E-state index contributed by atoms with van der Waals surface area (Å²) >= 11 is 0. The van der Waals surface area contributed by atoms with Crippen molar-refractivity contribution in [1.82, 2.24) is 20.0 Å². The second-order valence-corrected chi connectivity index (χ2v) is 8.07. The molecular weight excluding hydrogens is 406 g/mol. The van der Waals surface area contributed by atoms with Crippen LogP contribution in [0.4, 0.5) is 19.3 Å². The number of nitrogens with two attached hydrogens (primary N) is 1. The number of aryl methyl sites for hydroxylation is 1. The molecule has 160 valence electrons. The molecule has 10 heteroatoms. The van der Waals surface area contributed by atoms with Gasteiger partial charge in [0, 0.05) is 18.0 Å². The van der Waals surface area contributed by atoms with Crippen molar-refractivity contribution in [1.29, 1.82) is 0 Å². The molecule has 1 aliphatic carbocycles. The Hall–Kier alpha value is -3.40. The topological polar surface area (TPSA) is 99.2 Å². The third-order valence-corrected chi connectivity index (χ3v) is 5.61. The van der Waals surface area contributed by atoms with E-state index in [2.05, 4.69) is 15.3 Å². The number of benzene rings is 1. The van der Waals surface area contributed by atoms with Gasteiger partial charge in [-0.25, -0.2) is 18.3 Å². The molecule has 3 aromatic rings. The zero-order valence-electron chi connectivity index (χ0n) is 16.8. The van der Waals surface area contributed by atoms with Gasteiger partial charge in [0.2, 0.25) is 0 Å². The van der Waals surface area contributed by atoms with Crippen molar-refractivity contribution in [2.24, 2.45) is 5.73 Å². The first-order chi connectivity index (χ1) is 14.8. The minimum atomic E-state index is -0.790. The lowest BCUT2D eigenvalue weighted by atomic mass is 10.0. The first-order valence-electron chi connectivity index (χ1n) is 9.92. The molecule has 1 saturated heterocycles. The van der Waals surface area contributed by atoms with Gasteiger partial charge in [0.25, 0.3) is 0 Å². The lowest BCUT2D eigenvalue weighted by molar-refractivity contribution is 0.129. The standard InChI is InChI=1S/C21H20F2N6O2/c1-12-9-28(27-26-12)10-15-11-29(20(30)31-15)14-6-16(22)19(17(23)7-14)13-2-3-18(25-8-13)21(24)4-5-21/h2-3,6-9,15H,4-5,10-11,24H2,1H3.